The predicted molar refractivity (Wildman–Crippen MR) is 72.1 cm³/mol. The predicted octanol–water partition coefficient (Wildman–Crippen LogP) is 3.91. The van der Waals surface area contributed by atoms with Crippen molar-refractivity contribution in [2.45, 2.75) is 78.6 Å². The Labute approximate surface area is 111 Å². The molecule has 106 valence electrons. The molecule has 3 heteroatoms. The van der Waals surface area contributed by atoms with E-state index >= 15 is 0 Å². The molecule has 0 radical (unpaired) electrons. The van der Waals surface area contributed by atoms with Crippen molar-refractivity contribution < 1.29 is 14.3 Å². The monoisotopic (exact) mass is 256 g/mol. The van der Waals surface area contributed by atoms with Gasteiger partial charge in [0.2, 0.25) is 6.29 Å². The molecular formula is C15H28O3. The first-order chi connectivity index (χ1) is 8.54. The van der Waals surface area contributed by atoms with Gasteiger partial charge in [0.15, 0.2) is 0 Å². The van der Waals surface area contributed by atoms with E-state index in [0.29, 0.717) is 0 Å². The fourth-order valence-corrected chi connectivity index (χ4v) is 2.11. The van der Waals surface area contributed by atoms with Crippen LogP contribution < -0.4 is 0 Å². The highest BCUT2D eigenvalue weighted by molar-refractivity contribution is 5.72. The van der Waals surface area contributed by atoms with Crippen LogP contribution >= 0.6 is 0 Å². The highest BCUT2D eigenvalue weighted by atomic mass is 16.7. The molecule has 0 saturated heterocycles. The number of hydrogen-bond acceptors (Lipinski definition) is 3. The van der Waals surface area contributed by atoms with Crippen LogP contribution in [0.4, 0.5) is 0 Å². The van der Waals surface area contributed by atoms with Crippen molar-refractivity contribution in [3.8, 4) is 0 Å². The Morgan fingerprint density at radius 3 is 2.28 bits per heavy atom. The van der Waals surface area contributed by atoms with Crippen molar-refractivity contribution in [2.75, 3.05) is 0 Å². The molecule has 0 aromatic carbocycles. The van der Waals surface area contributed by atoms with Crippen molar-refractivity contribution in [3.05, 3.63) is 0 Å². The zero-order valence-corrected chi connectivity index (χ0v) is 12.3. The van der Waals surface area contributed by atoms with Crippen LogP contribution in [-0.2, 0) is 14.3 Å². The quantitative estimate of drug-likeness (QED) is 0.534. The van der Waals surface area contributed by atoms with Gasteiger partial charge in [-0.15, -0.1) is 0 Å². The number of rotatable bonds is 6. The molecule has 0 aromatic rings. The molecule has 0 bridgehead atoms. The fraction of sp³-hybridized carbons (Fsp3) is 0.933. The van der Waals surface area contributed by atoms with Gasteiger partial charge in [-0.3, -0.25) is 4.79 Å². The van der Waals surface area contributed by atoms with Gasteiger partial charge in [0.25, 0.3) is 0 Å². The normalized spacial score (nSPS) is 20.7. The molecule has 0 amide bonds. The summed E-state index contributed by atoms with van der Waals surface area (Å²) in [6.45, 7) is 7.98. The average Bonchev–Trinajstić information content (AvgIpc) is 2.37. The largest absolute Gasteiger partial charge is 0.435 e. The van der Waals surface area contributed by atoms with E-state index in [1.54, 1.807) is 0 Å². The Bertz CT molecular complexity index is 244. The molecular weight excluding hydrogens is 228 g/mol. The highest BCUT2D eigenvalue weighted by Crippen LogP contribution is 2.24. The Morgan fingerprint density at radius 1 is 1.17 bits per heavy atom. The van der Waals surface area contributed by atoms with Crippen LogP contribution in [0, 0.1) is 11.8 Å². The van der Waals surface area contributed by atoms with Crippen molar-refractivity contribution in [1.82, 2.24) is 0 Å². The Morgan fingerprint density at radius 2 is 1.78 bits per heavy atom. The first-order valence-electron chi connectivity index (χ1n) is 7.40. The molecule has 0 spiro atoms. The zero-order valence-electron chi connectivity index (χ0n) is 12.3. The summed E-state index contributed by atoms with van der Waals surface area (Å²) in [5, 5.41) is 0. The van der Waals surface area contributed by atoms with E-state index in [0.717, 1.165) is 19.3 Å². The first-order valence-corrected chi connectivity index (χ1v) is 7.40. The van der Waals surface area contributed by atoms with Crippen LogP contribution in [0.1, 0.15) is 66.2 Å². The average molecular weight is 256 g/mol. The number of ether oxygens (including phenoxy) is 2. The van der Waals surface area contributed by atoms with E-state index in [2.05, 4.69) is 0 Å². The van der Waals surface area contributed by atoms with Gasteiger partial charge in [0, 0.05) is 5.92 Å². The van der Waals surface area contributed by atoms with Gasteiger partial charge in [-0.05, 0) is 19.3 Å². The summed E-state index contributed by atoms with van der Waals surface area (Å²) >= 11 is 0. The molecule has 0 aliphatic heterocycles. The Hall–Kier alpha value is -0.570. The van der Waals surface area contributed by atoms with Crippen LogP contribution in [0.25, 0.3) is 0 Å². The zero-order chi connectivity index (χ0) is 13.5. The van der Waals surface area contributed by atoms with Crippen LogP contribution in [0.15, 0.2) is 0 Å². The molecule has 2 atom stereocenters. The lowest BCUT2D eigenvalue weighted by Gasteiger charge is -2.30. The van der Waals surface area contributed by atoms with E-state index in [4.69, 9.17) is 9.47 Å². The summed E-state index contributed by atoms with van der Waals surface area (Å²) in [6, 6.07) is 0. The third-order valence-electron chi connectivity index (χ3n) is 3.67. The van der Waals surface area contributed by atoms with Crippen molar-refractivity contribution >= 4 is 5.97 Å². The Kier molecular flexibility index (Phi) is 6.69. The van der Waals surface area contributed by atoms with E-state index < -0.39 is 0 Å². The topological polar surface area (TPSA) is 35.5 Å². The molecule has 0 aromatic heterocycles. The second-order valence-electron chi connectivity index (χ2n) is 5.75. The van der Waals surface area contributed by atoms with Gasteiger partial charge in [-0.1, -0.05) is 47.0 Å². The van der Waals surface area contributed by atoms with Crippen molar-refractivity contribution in [3.63, 3.8) is 0 Å². The summed E-state index contributed by atoms with van der Waals surface area (Å²) in [5.74, 6) is 0.0353. The van der Waals surface area contributed by atoms with E-state index in [-0.39, 0.29) is 30.2 Å². The standard InChI is InChI=1S/C15H28O3/c1-5-12(4)14(16)18-15(11(2)3)17-13-9-7-6-8-10-13/h11-13,15H,5-10H2,1-4H3. The molecule has 1 saturated carbocycles. The minimum absolute atomic E-state index is 0.0406. The molecule has 1 aliphatic carbocycles. The fourth-order valence-electron chi connectivity index (χ4n) is 2.11. The minimum Gasteiger partial charge on any atom is -0.435 e. The third-order valence-corrected chi connectivity index (χ3v) is 3.67. The molecule has 1 fully saturated rings. The summed E-state index contributed by atoms with van der Waals surface area (Å²) in [7, 11) is 0. The molecule has 0 N–H and O–H groups in total. The lowest BCUT2D eigenvalue weighted by atomic mass is 9.97. The SMILES string of the molecule is CCC(C)C(=O)OC(OC1CCCCC1)C(C)C. The lowest BCUT2D eigenvalue weighted by molar-refractivity contribution is -0.208. The summed E-state index contributed by atoms with van der Waals surface area (Å²) in [5.41, 5.74) is 0. The number of carbonyl (C=O) groups excluding carboxylic acids is 1. The van der Waals surface area contributed by atoms with Gasteiger partial charge in [0.05, 0.1) is 12.0 Å². The summed E-state index contributed by atoms with van der Waals surface area (Å²) in [4.78, 5) is 11.8. The maximum atomic E-state index is 11.8. The van der Waals surface area contributed by atoms with Crippen molar-refractivity contribution in [1.29, 1.82) is 0 Å². The molecule has 1 rings (SSSR count). The van der Waals surface area contributed by atoms with E-state index in [1.807, 2.05) is 27.7 Å². The highest BCUT2D eigenvalue weighted by Gasteiger charge is 2.26. The first kappa shape index (κ1) is 15.5. The minimum atomic E-state index is -0.380. The Balaban J connectivity index is 2.46. The number of esters is 1. The molecule has 1 aliphatic rings. The van der Waals surface area contributed by atoms with Gasteiger partial charge >= 0.3 is 5.97 Å². The molecule has 0 heterocycles. The smallest absolute Gasteiger partial charge is 0.310 e. The van der Waals surface area contributed by atoms with Gasteiger partial charge in [-0.2, -0.15) is 0 Å². The maximum Gasteiger partial charge on any atom is 0.310 e. The lowest BCUT2D eigenvalue weighted by Crippen LogP contribution is -2.33. The molecule has 18 heavy (non-hydrogen) atoms. The van der Waals surface area contributed by atoms with Crippen LogP contribution in [0.3, 0.4) is 0 Å². The van der Waals surface area contributed by atoms with E-state index in [9.17, 15) is 4.79 Å². The van der Waals surface area contributed by atoms with Gasteiger partial charge in [-0.25, -0.2) is 0 Å². The van der Waals surface area contributed by atoms with Crippen LogP contribution in [0.2, 0.25) is 0 Å². The van der Waals surface area contributed by atoms with Gasteiger partial charge in [0.1, 0.15) is 0 Å². The van der Waals surface area contributed by atoms with Crippen molar-refractivity contribution in [2.24, 2.45) is 11.8 Å². The second-order valence-corrected chi connectivity index (χ2v) is 5.75. The number of carbonyl (C=O) groups is 1. The van der Waals surface area contributed by atoms with Gasteiger partial charge < -0.3 is 9.47 Å². The molecule has 2 unspecified atom stereocenters. The maximum absolute atomic E-state index is 11.8. The number of hydrogen-bond donors (Lipinski definition) is 0. The molecule has 3 nitrogen and oxygen atoms in total. The summed E-state index contributed by atoms with van der Waals surface area (Å²) < 4.78 is 11.5. The van der Waals surface area contributed by atoms with Crippen LogP contribution in [0.5, 0.6) is 0 Å². The van der Waals surface area contributed by atoms with E-state index in [1.165, 1.54) is 19.3 Å². The second kappa shape index (κ2) is 7.78. The third kappa shape index (κ3) is 4.97. The summed E-state index contributed by atoms with van der Waals surface area (Å²) in [6.07, 6.45) is 6.68. The van der Waals surface area contributed by atoms with Crippen LogP contribution in [-0.4, -0.2) is 18.4 Å².